The van der Waals surface area contributed by atoms with Gasteiger partial charge >= 0.3 is 11.9 Å². The Balaban J connectivity index is 1.56. The van der Waals surface area contributed by atoms with E-state index in [0.717, 1.165) is 26.8 Å². The van der Waals surface area contributed by atoms with E-state index in [4.69, 9.17) is 4.52 Å². The van der Waals surface area contributed by atoms with E-state index in [1.54, 1.807) is 24.3 Å². The quantitative estimate of drug-likeness (QED) is 0.380. The monoisotopic (exact) mass is 480 g/mol. The highest BCUT2D eigenvalue weighted by atomic mass is 19.4. The summed E-state index contributed by atoms with van der Waals surface area (Å²) in [6.07, 6.45) is -1.86. The zero-order chi connectivity index (χ0) is 24.6. The second kappa shape index (κ2) is 8.63. The van der Waals surface area contributed by atoms with Crippen LogP contribution in [0.25, 0.3) is 22.6 Å². The van der Waals surface area contributed by atoms with Crippen LogP contribution in [-0.4, -0.2) is 29.2 Å². The van der Waals surface area contributed by atoms with Crippen LogP contribution in [0.15, 0.2) is 81.1 Å². The summed E-state index contributed by atoms with van der Waals surface area (Å²) >= 11 is 0. The maximum atomic E-state index is 13.3. The summed E-state index contributed by atoms with van der Waals surface area (Å²) in [5, 5.41) is 3.75. The van der Waals surface area contributed by atoms with Crippen molar-refractivity contribution in [2.75, 3.05) is 0 Å². The Labute approximate surface area is 194 Å². The lowest BCUT2D eigenvalue weighted by Crippen LogP contribution is -2.41. The summed E-state index contributed by atoms with van der Waals surface area (Å²) in [6, 6.07) is 13.4. The van der Waals surface area contributed by atoms with Crippen LogP contribution in [0, 0.1) is 0 Å². The zero-order valence-electron chi connectivity index (χ0n) is 17.8. The molecule has 2 aromatic carbocycles. The van der Waals surface area contributed by atoms with Crippen molar-refractivity contribution in [1.29, 1.82) is 0 Å². The van der Waals surface area contributed by atoms with Crippen molar-refractivity contribution >= 4 is 11.2 Å². The molecule has 0 bridgehead atoms. The van der Waals surface area contributed by atoms with Gasteiger partial charge in [-0.25, -0.2) is 14.8 Å². The fraction of sp³-hybridized carbons (Fsp3) is 0.130. The number of aromatic nitrogens is 6. The first-order valence-electron chi connectivity index (χ1n) is 10.3. The van der Waals surface area contributed by atoms with E-state index in [1.807, 2.05) is 6.07 Å². The fourth-order valence-electron chi connectivity index (χ4n) is 3.58. The molecule has 0 aliphatic heterocycles. The van der Waals surface area contributed by atoms with Crippen LogP contribution in [0.3, 0.4) is 0 Å². The van der Waals surface area contributed by atoms with Gasteiger partial charge in [-0.15, -0.1) is 0 Å². The number of fused-ring (bicyclic) bond motifs is 1. The van der Waals surface area contributed by atoms with E-state index >= 15 is 0 Å². The third-order valence-corrected chi connectivity index (χ3v) is 5.24. The van der Waals surface area contributed by atoms with Gasteiger partial charge in [-0.2, -0.15) is 18.2 Å². The van der Waals surface area contributed by atoms with Gasteiger partial charge in [0.05, 0.1) is 12.1 Å². The van der Waals surface area contributed by atoms with E-state index in [1.165, 1.54) is 24.5 Å². The largest absolute Gasteiger partial charge is 0.416 e. The van der Waals surface area contributed by atoms with Gasteiger partial charge in [0, 0.05) is 18.0 Å². The Hall–Kier alpha value is -4.61. The molecule has 0 fully saturated rings. The van der Waals surface area contributed by atoms with Gasteiger partial charge in [0.15, 0.2) is 11.2 Å². The van der Waals surface area contributed by atoms with Gasteiger partial charge in [-0.1, -0.05) is 47.6 Å². The van der Waals surface area contributed by atoms with Crippen molar-refractivity contribution in [1.82, 2.24) is 29.2 Å². The first-order chi connectivity index (χ1) is 16.8. The number of rotatable bonds is 5. The average Bonchev–Trinajstić information content (AvgIpc) is 3.33. The Bertz CT molecular complexity index is 1640. The number of alkyl halides is 3. The summed E-state index contributed by atoms with van der Waals surface area (Å²) < 4.78 is 46.5. The SMILES string of the molecule is O=c1c2nccnc2n(Cc2nc(-c3cccc(C(F)(F)F)c3)no2)c(=O)n1Cc1ccccc1. The van der Waals surface area contributed by atoms with Crippen LogP contribution < -0.4 is 11.2 Å². The number of benzene rings is 2. The van der Waals surface area contributed by atoms with E-state index in [-0.39, 0.29) is 41.5 Å². The molecular weight excluding hydrogens is 465 g/mol. The molecule has 0 saturated heterocycles. The second-order valence-electron chi connectivity index (χ2n) is 7.56. The molecule has 3 aromatic heterocycles. The molecule has 35 heavy (non-hydrogen) atoms. The topological polar surface area (TPSA) is 109 Å². The van der Waals surface area contributed by atoms with Crippen LogP contribution in [0.2, 0.25) is 0 Å². The minimum Gasteiger partial charge on any atom is -0.337 e. The lowest BCUT2D eigenvalue weighted by Gasteiger charge is -2.11. The molecule has 5 aromatic rings. The van der Waals surface area contributed by atoms with Gasteiger partial charge in [-0.05, 0) is 17.7 Å². The van der Waals surface area contributed by atoms with Crippen molar-refractivity contribution in [3.8, 4) is 11.4 Å². The van der Waals surface area contributed by atoms with Gasteiger partial charge in [-0.3, -0.25) is 13.9 Å². The van der Waals surface area contributed by atoms with Crippen molar-refractivity contribution in [3.63, 3.8) is 0 Å². The highest BCUT2D eigenvalue weighted by Crippen LogP contribution is 2.31. The molecule has 0 N–H and O–H groups in total. The third-order valence-electron chi connectivity index (χ3n) is 5.24. The summed E-state index contributed by atoms with van der Waals surface area (Å²) in [6.45, 7) is -0.264. The molecule has 0 unspecified atom stereocenters. The Kier molecular flexibility index (Phi) is 5.47. The predicted molar refractivity (Wildman–Crippen MR) is 117 cm³/mol. The van der Waals surface area contributed by atoms with E-state index in [2.05, 4.69) is 20.1 Å². The molecule has 9 nitrogen and oxygen atoms in total. The maximum absolute atomic E-state index is 13.3. The summed E-state index contributed by atoms with van der Waals surface area (Å²) in [5.74, 6) is -0.136. The highest BCUT2D eigenvalue weighted by molar-refractivity contribution is 5.68. The van der Waals surface area contributed by atoms with Gasteiger partial charge < -0.3 is 4.52 Å². The average molecular weight is 480 g/mol. The number of hydrogen-bond donors (Lipinski definition) is 0. The molecule has 0 saturated carbocycles. The van der Waals surface area contributed by atoms with Crippen molar-refractivity contribution in [2.24, 2.45) is 0 Å². The standard InChI is InChI=1S/C23H15F3N6O3/c24-23(25,26)16-8-4-7-15(11-16)19-29-17(35-30-19)13-31-20-18(27-9-10-28-20)21(33)32(22(31)34)12-14-5-2-1-3-6-14/h1-11H,12-13H2. The smallest absolute Gasteiger partial charge is 0.337 e. The van der Waals surface area contributed by atoms with Crippen LogP contribution in [0.4, 0.5) is 13.2 Å². The lowest BCUT2D eigenvalue weighted by molar-refractivity contribution is -0.137. The maximum Gasteiger partial charge on any atom is 0.416 e. The summed E-state index contributed by atoms with van der Waals surface area (Å²) in [5.41, 5.74) is -1.32. The van der Waals surface area contributed by atoms with Crippen LogP contribution in [-0.2, 0) is 19.3 Å². The zero-order valence-corrected chi connectivity index (χ0v) is 17.8. The molecule has 0 spiro atoms. The molecule has 12 heteroatoms. The first-order valence-corrected chi connectivity index (χ1v) is 10.3. The minimum absolute atomic E-state index is 0.00430. The van der Waals surface area contributed by atoms with Crippen LogP contribution >= 0.6 is 0 Å². The Morgan fingerprint density at radius 3 is 2.43 bits per heavy atom. The highest BCUT2D eigenvalue weighted by Gasteiger charge is 2.31. The molecule has 0 radical (unpaired) electrons. The molecule has 0 aliphatic rings. The molecule has 5 rings (SSSR count). The van der Waals surface area contributed by atoms with Gasteiger partial charge in [0.1, 0.15) is 6.54 Å². The van der Waals surface area contributed by atoms with Crippen molar-refractivity contribution in [2.45, 2.75) is 19.3 Å². The number of hydrogen-bond acceptors (Lipinski definition) is 7. The van der Waals surface area contributed by atoms with Crippen molar-refractivity contribution in [3.05, 3.63) is 105 Å². The summed E-state index contributed by atoms with van der Waals surface area (Å²) in [7, 11) is 0. The molecule has 0 atom stereocenters. The van der Waals surface area contributed by atoms with Crippen LogP contribution in [0.5, 0.6) is 0 Å². The van der Waals surface area contributed by atoms with Gasteiger partial charge in [0.25, 0.3) is 5.56 Å². The fourth-order valence-corrected chi connectivity index (χ4v) is 3.58. The molecule has 176 valence electrons. The second-order valence-corrected chi connectivity index (χ2v) is 7.56. The number of halogens is 3. The molecule has 3 heterocycles. The number of nitrogens with zero attached hydrogens (tertiary/aromatic N) is 6. The molecular formula is C23H15F3N6O3. The first kappa shape index (κ1) is 22.2. The van der Waals surface area contributed by atoms with Crippen molar-refractivity contribution < 1.29 is 17.7 Å². The third kappa shape index (κ3) is 4.33. The van der Waals surface area contributed by atoms with E-state index in [9.17, 15) is 22.8 Å². The molecule has 0 amide bonds. The van der Waals surface area contributed by atoms with E-state index in [0.29, 0.717) is 0 Å². The normalized spacial score (nSPS) is 11.7. The van der Waals surface area contributed by atoms with Gasteiger partial charge in [0.2, 0.25) is 11.7 Å². The molecule has 0 aliphatic carbocycles. The van der Waals surface area contributed by atoms with Crippen LogP contribution in [0.1, 0.15) is 17.0 Å². The predicted octanol–water partition coefficient (Wildman–Crippen LogP) is 3.12. The minimum atomic E-state index is -4.53. The summed E-state index contributed by atoms with van der Waals surface area (Å²) in [4.78, 5) is 38.6. The lowest BCUT2D eigenvalue weighted by atomic mass is 10.1. The Morgan fingerprint density at radius 1 is 0.886 bits per heavy atom. The van der Waals surface area contributed by atoms with E-state index < -0.39 is 23.0 Å². The Morgan fingerprint density at radius 2 is 1.66 bits per heavy atom.